The number of amides is 2. The Hall–Kier alpha value is -3.28. The van der Waals surface area contributed by atoms with Crippen LogP contribution in [0.2, 0.25) is 0 Å². The van der Waals surface area contributed by atoms with Crippen molar-refractivity contribution in [2.75, 3.05) is 11.9 Å². The van der Waals surface area contributed by atoms with Gasteiger partial charge < -0.3 is 20.4 Å². The number of H-pyrrole nitrogens is 1. The number of ether oxygens (including phenoxy) is 1. The predicted octanol–water partition coefficient (Wildman–Crippen LogP) is 3.71. The third kappa shape index (κ3) is 3.95. The number of carbonyl (C=O) groups excluding carboxylic acids is 2. The van der Waals surface area contributed by atoms with Crippen molar-refractivity contribution >= 4 is 28.4 Å². The van der Waals surface area contributed by atoms with E-state index in [-0.39, 0.29) is 11.8 Å². The van der Waals surface area contributed by atoms with Crippen LogP contribution in [0.1, 0.15) is 40.6 Å². The SMILES string of the molecule is CCOc1ccc2cc(C(=O)Nc3cccc(C(=O)NC4CC4)c3)[nH]c2c1. The Labute approximate surface area is 156 Å². The van der Waals surface area contributed by atoms with Crippen molar-refractivity contribution in [3.8, 4) is 5.75 Å². The first-order valence-electron chi connectivity index (χ1n) is 9.10. The molecule has 4 rings (SSSR count). The zero-order chi connectivity index (χ0) is 18.8. The number of aromatic nitrogens is 1. The Kier molecular flexibility index (Phi) is 4.54. The van der Waals surface area contributed by atoms with Gasteiger partial charge in [-0.3, -0.25) is 9.59 Å². The number of rotatable bonds is 6. The summed E-state index contributed by atoms with van der Waals surface area (Å²) in [7, 11) is 0. The van der Waals surface area contributed by atoms with E-state index in [1.54, 1.807) is 30.3 Å². The van der Waals surface area contributed by atoms with Crippen molar-refractivity contribution in [1.82, 2.24) is 10.3 Å². The molecule has 0 atom stereocenters. The van der Waals surface area contributed by atoms with Gasteiger partial charge in [0, 0.05) is 34.3 Å². The molecule has 0 aliphatic heterocycles. The average molecular weight is 363 g/mol. The smallest absolute Gasteiger partial charge is 0.272 e. The van der Waals surface area contributed by atoms with Gasteiger partial charge in [0.25, 0.3) is 11.8 Å². The number of carbonyl (C=O) groups is 2. The average Bonchev–Trinajstić information content (AvgIpc) is 3.37. The molecule has 1 heterocycles. The molecule has 1 aliphatic carbocycles. The van der Waals surface area contributed by atoms with E-state index in [0.717, 1.165) is 29.5 Å². The lowest BCUT2D eigenvalue weighted by Crippen LogP contribution is -2.25. The molecule has 1 aromatic heterocycles. The van der Waals surface area contributed by atoms with Crippen LogP contribution in [0.25, 0.3) is 10.9 Å². The zero-order valence-corrected chi connectivity index (χ0v) is 15.0. The van der Waals surface area contributed by atoms with E-state index in [0.29, 0.717) is 29.6 Å². The van der Waals surface area contributed by atoms with Gasteiger partial charge in [-0.05, 0) is 56.2 Å². The van der Waals surface area contributed by atoms with Gasteiger partial charge in [0.15, 0.2) is 0 Å². The first-order valence-corrected chi connectivity index (χ1v) is 9.10. The number of fused-ring (bicyclic) bond motifs is 1. The molecule has 6 heteroatoms. The molecule has 3 aromatic rings. The fourth-order valence-corrected chi connectivity index (χ4v) is 2.92. The molecule has 0 bridgehead atoms. The number of nitrogens with one attached hydrogen (secondary N) is 3. The fourth-order valence-electron chi connectivity index (χ4n) is 2.92. The molecule has 0 radical (unpaired) electrons. The standard InChI is InChI=1S/C21H21N3O3/c1-2-27-17-9-6-13-11-19(24-18(13)12-17)21(26)23-16-5-3-4-14(10-16)20(25)22-15-7-8-15/h3-6,9-12,15,24H,2,7-8H2,1H3,(H,22,25)(H,23,26). The molecule has 1 fully saturated rings. The van der Waals surface area contributed by atoms with Crippen LogP contribution in [0.5, 0.6) is 5.75 Å². The van der Waals surface area contributed by atoms with E-state index < -0.39 is 0 Å². The van der Waals surface area contributed by atoms with Crippen LogP contribution in [0.3, 0.4) is 0 Å². The quantitative estimate of drug-likeness (QED) is 0.624. The summed E-state index contributed by atoms with van der Waals surface area (Å²) in [6.07, 6.45) is 2.07. The highest BCUT2D eigenvalue weighted by molar-refractivity contribution is 6.06. The molecule has 0 spiro atoms. The topological polar surface area (TPSA) is 83.2 Å². The minimum Gasteiger partial charge on any atom is -0.494 e. The zero-order valence-electron chi connectivity index (χ0n) is 15.0. The minimum absolute atomic E-state index is 0.109. The van der Waals surface area contributed by atoms with Crippen LogP contribution >= 0.6 is 0 Å². The molecule has 3 N–H and O–H groups in total. The lowest BCUT2D eigenvalue weighted by atomic mass is 10.2. The Morgan fingerprint density at radius 3 is 2.74 bits per heavy atom. The van der Waals surface area contributed by atoms with Crippen LogP contribution in [0.4, 0.5) is 5.69 Å². The summed E-state index contributed by atoms with van der Waals surface area (Å²) in [4.78, 5) is 27.9. The van der Waals surface area contributed by atoms with Crippen LogP contribution < -0.4 is 15.4 Å². The highest BCUT2D eigenvalue weighted by Crippen LogP contribution is 2.23. The summed E-state index contributed by atoms with van der Waals surface area (Å²) in [5.74, 6) is 0.389. The normalized spacial score (nSPS) is 13.4. The first kappa shape index (κ1) is 17.1. The highest BCUT2D eigenvalue weighted by Gasteiger charge is 2.23. The van der Waals surface area contributed by atoms with Gasteiger partial charge in [-0.2, -0.15) is 0 Å². The predicted molar refractivity (Wildman–Crippen MR) is 104 cm³/mol. The van der Waals surface area contributed by atoms with Crippen LogP contribution in [0, 0.1) is 0 Å². The molecule has 27 heavy (non-hydrogen) atoms. The van der Waals surface area contributed by atoms with Crippen molar-refractivity contribution in [1.29, 1.82) is 0 Å². The molecule has 0 unspecified atom stereocenters. The van der Waals surface area contributed by atoms with Gasteiger partial charge in [0.1, 0.15) is 11.4 Å². The Balaban J connectivity index is 1.50. The Bertz CT molecular complexity index is 1000. The number of hydrogen-bond donors (Lipinski definition) is 3. The van der Waals surface area contributed by atoms with E-state index in [1.807, 2.05) is 25.1 Å². The monoisotopic (exact) mass is 363 g/mol. The van der Waals surface area contributed by atoms with Crippen molar-refractivity contribution in [2.24, 2.45) is 0 Å². The molecule has 6 nitrogen and oxygen atoms in total. The second-order valence-corrected chi connectivity index (χ2v) is 6.65. The number of anilines is 1. The third-order valence-electron chi connectivity index (χ3n) is 4.44. The maximum absolute atomic E-state index is 12.6. The number of aromatic amines is 1. The molecule has 138 valence electrons. The van der Waals surface area contributed by atoms with E-state index in [2.05, 4.69) is 15.6 Å². The second-order valence-electron chi connectivity index (χ2n) is 6.65. The van der Waals surface area contributed by atoms with E-state index in [4.69, 9.17) is 4.74 Å². The van der Waals surface area contributed by atoms with Gasteiger partial charge in [-0.25, -0.2) is 0 Å². The maximum atomic E-state index is 12.6. The van der Waals surface area contributed by atoms with Crippen LogP contribution in [0.15, 0.2) is 48.5 Å². The maximum Gasteiger partial charge on any atom is 0.272 e. The number of benzene rings is 2. The summed E-state index contributed by atoms with van der Waals surface area (Å²) in [5.41, 5.74) is 2.41. The molecular formula is C21H21N3O3. The Morgan fingerprint density at radius 1 is 1.11 bits per heavy atom. The second kappa shape index (κ2) is 7.15. The fraction of sp³-hybridized carbons (Fsp3) is 0.238. The van der Waals surface area contributed by atoms with Crippen LogP contribution in [-0.2, 0) is 0 Å². The summed E-state index contributed by atoms with van der Waals surface area (Å²) in [6, 6.07) is 14.7. The molecular weight excluding hydrogens is 342 g/mol. The molecule has 2 aromatic carbocycles. The molecule has 0 saturated heterocycles. The van der Waals surface area contributed by atoms with Gasteiger partial charge in [0.05, 0.1) is 6.61 Å². The summed E-state index contributed by atoms with van der Waals surface area (Å²) < 4.78 is 5.49. The van der Waals surface area contributed by atoms with Crippen LogP contribution in [-0.4, -0.2) is 29.4 Å². The summed E-state index contributed by atoms with van der Waals surface area (Å²) >= 11 is 0. The van der Waals surface area contributed by atoms with Gasteiger partial charge in [-0.1, -0.05) is 6.07 Å². The molecule has 1 saturated carbocycles. The van der Waals surface area contributed by atoms with Gasteiger partial charge >= 0.3 is 0 Å². The van der Waals surface area contributed by atoms with Crippen molar-refractivity contribution in [2.45, 2.75) is 25.8 Å². The van der Waals surface area contributed by atoms with E-state index in [9.17, 15) is 9.59 Å². The highest BCUT2D eigenvalue weighted by atomic mass is 16.5. The lowest BCUT2D eigenvalue weighted by Gasteiger charge is -2.07. The molecule has 2 amide bonds. The molecule has 1 aliphatic rings. The third-order valence-corrected chi connectivity index (χ3v) is 4.44. The van der Waals surface area contributed by atoms with E-state index in [1.165, 1.54) is 0 Å². The van der Waals surface area contributed by atoms with Gasteiger partial charge in [-0.15, -0.1) is 0 Å². The summed E-state index contributed by atoms with van der Waals surface area (Å²) in [5, 5.41) is 6.72. The first-order chi connectivity index (χ1) is 13.1. The van der Waals surface area contributed by atoms with Crippen molar-refractivity contribution in [3.05, 3.63) is 59.8 Å². The number of hydrogen-bond acceptors (Lipinski definition) is 3. The van der Waals surface area contributed by atoms with Crippen molar-refractivity contribution in [3.63, 3.8) is 0 Å². The Morgan fingerprint density at radius 2 is 1.96 bits per heavy atom. The minimum atomic E-state index is -0.260. The van der Waals surface area contributed by atoms with E-state index >= 15 is 0 Å². The lowest BCUT2D eigenvalue weighted by molar-refractivity contribution is 0.0949. The largest absolute Gasteiger partial charge is 0.494 e. The summed E-state index contributed by atoms with van der Waals surface area (Å²) in [6.45, 7) is 2.51. The van der Waals surface area contributed by atoms with Crippen molar-refractivity contribution < 1.29 is 14.3 Å². The van der Waals surface area contributed by atoms with Gasteiger partial charge in [0.2, 0.25) is 0 Å².